The van der Waals surface area contributed by atoms with Gasteiger partial charge in [-0.1, -0.05) is 53.5 Å². The summed E-state index contributed by atoms with van der Waals surface area (Å²) in [5.74, 6) is 2.19. The van der Waals surface area contributed by atoms with Crippen molar-refractivity contribution in [2.75, 3.05) is 86.8 Å². The molecule has 0 amide bonds. The van der Waals surface area contributed by atoms with E-state index in [4.69, 9.17) is 23.2 Å². The third-order valence-electron chi connectivity index (χ3n) is 9.54. The maximum absolute atomic E-state index is 6.23. The zero-order chi connectivity index (χ0) is 34.1. The predicted octanol–water partition coefficient (Wildman–Crippen LogP) is 9.47. The van der Waals surface area contributed by atoms with Crippen LogP contribution in [0.3, 0.4) is 0 Å². The second kappa shape index (κ2) is 17.3. The van der Waals surface area contributed by atoms with E-state index in [-0.39, 0.29) is 0 Å². The third kappa shape index (κ3) is 8.97. The number of aromatic nitrogens is 2. The highest BCUT2D eigenvalue weighted by molar-refractivity contribution is 7.99. The minimum atomic E-state index is 0.817. The van der Waals surface area contributed by atoms with Crippen LogP contribution in [0, 0.1) is 0 Å². The predicted molar refractivity (Wildman–Crippen MR) is 218 cm³/mol. The first-order chi connectivity index (χ1) is 24.6. The van der Waals surface area contributed by atoms with Gasteiger partial charge in [0.1, 0.15) is 0 Å². The number of hydrogen-bond acceptors (Lipinski definition) is 6. The Morgan fingerprint density at radius 3 is 1.64 bits per heavy atom. The van der Waals surface area contributed by atoms with Gasteiger partial charge in [0.2, 0.25) is 0 Å². The average molecular weight is 744 g/mol. The molecule has 6 nitrogen and oxygen atoms in total. The lowest BCUT2D eigenvalue weighted by Gasteiger charge is -2.36. The SMILES string of the molecule is Clc1cccc(SCCN2CCN(c3cccc4[nH]ccc34)CC2)c1.Clc1ccccc1SCCN1CCN(c2cccc3[nH]ccc23)CC1. The first-order valence-electron chi connectivity index (χ1n) is 17.4. The molecule has 6 aromatic rings. The largest absolute Gasteiger partial charge is 0.368 e. The van der Waals surface area contributed by atoms with Gasteiger partial charge in [0.25, 0.3) is 0 Å². The molecule has 10 heteroatoms. The summed E-state index contributed by atoms with van der Waals surface area (Å²) in [6.07, 6.45) is 4.05. The smallest absolute Gasteiger partial charge is 0.0541 e. The average Bonchev–Trinajstić information content (AvgIpc) is 3.84. The molecule has 8 rings (SSSR count). The van der Waals surface area contributed by atoms with Crippen molar-refractivity contribution in [1.29, 1.82) is 0 Å². The molecule has 4 heterocycles. The fraction of sp³-hybridized carbons (Fsp3) is 0.300. The van der Waals surface area contributed by atoms with Crippen LogP contribution in [0.1, 0.15) is 0 Å². The molecule has 260 valence electrons. The van der Waals surface area contributed by atoms with Crippen LogP contribution < -0.4 is 9.80 Å². The van der Waals surface area contributed by atoms with Crippen LogP contribution in [0.15, 0.2) is 119 Å². The summed E-state index contributed by atoms with van der Waals surface area (Å²) in [6.45, 7) is 11.1. The molecule has 0 aliphatic carbocycles. The van der Waals surface area contributed by atoms with Gasteiger partial charge in [0.05, 0.1) is 5.02 Å². The van der Waals surface area contributed by atoms with Gasteiger partial charge in [-0.2, -0.15) is 0 Å². The number of anilines is 2. The van der Waals surface area contributed by atoms with Gasteiger partial charge in [0.15, 0.2) is 0 Å². The van der Waals surface area contributed by atoms with Gasteiger partial charge in [-0.25, -0.2) is 0 Å². The van der Waals surface area contributed by atoms with Crippen LogP contribution in [0.4, 0.5) is 11.4 Å². The van der Waals surface area contributed by atoms with E-state index in [1.165, 1.54) is 43.0 Å². The lowest BCUT2D eigenvalue weighted by molar-refractivity contribution is 0.273. The molecule has 4 aromatic carbocycles. The van der Waals surface area contributed by atoms with E-state index < -0.39 is 0 Å². The van der Waals surface area contributed by atoms with E-state index in [2.05, 4.69) is 96.3 Å². The maximum Gasteiger partial charge on any atom is 0.0541 e. The summed E-state index contributed by atoms with van der Waals surface area (Å²) in [5, 5.41) is 4.33. The second-order valence-corrected chi connectivity index (χ2v) is 15.8. The molecule has 2 fully saturated rings. The van der Waals surface area contributed by atoms with Crippen LogP contribution in [0.25, 0.3) is 21.8 Å². The number of aromatic amines is 2. The molecule has 0 saturated carbocycles. The summed E-state index contributed by atoms with van der Waals surface area (Å²) in [4.78, 5) is 19.2. The van der Waals surface area contributed by atoms with Crippen LogP contribution in [-0.2, 0) is 0 Å². The Bertz CT molecular complexity index is 1960. The fourth-order valence-electron chi connectivity index (χ4n) is 6.81. The van der Waals surface area contributed by atoms with Crippen LogP contribution in [-0.4, -0.2) is 96.7 Å². The van der Waals surface area contributed by atoms with E-state index in [0.29, 0.717) is 0 Å². The van der Waals surface area contributed by atoms with Crippen molar-refractivity contribution < 1.29 is 0 Å². The Kier molecular flexibility index (Phi) is 12.2. The van der Waals surface area contributed by atoms with Gasteiger partial charge >= 0.3 is 0 Å². The minimum absolute atomic E-state index is 0.817. The summed E-state index contributed by atoms with van der Waals surface area (Å²) in [5.41, 5.74) is 5.14. The number of rotatable bonds is 10. The highest BCUT2D eigenvalue weighted by atomic mass is 35.5. The van der Waals surface area contributed by atoms with E-state index in [9.17, 15) is 0 Å². The molecule has 2 aromatic heterocycles. The molecule has 2 N–H and O–H groups in total. The van der Waals surface area contributed by atoms with Crippen LogP contribution in [0.5, 0.6) is 0 Å². The molecule has 2 aliphatic heterocycles. The highest BCUT2D eigenvalue weighted by Crippen LogP contribution is 2.30. The molecule has 0 spiro atoms. The quantitative estimate of drug-likeness (QED) is 0.136. The topological polar surface area (TPSA) is 44.5 Å². The van der Waals surface area contributed by atoms with E-state index in [1.807, 2.05) is 66.2 Å². The number of halogens is 2. The Hall–Kier alpha value is -3.24. The van der Waals surface area contributed by atoms with Gasteiger partial charge < -0.3 is 19.8 Å². The molecule has 0 atom stereocenters. The lowest BCUT2D eigenvalue weighted by atomic mass is 10.2. The van der Waals surface area contributed by atoms with Crippen LogP contribution >= 0.6 is 46.7 Å². The summed E-state index contributed by atoms with van der Waals surface area (Å²) in [7, 11) is 0. The van der Waals surface area contributed by atoms with Crippen molar-refractivity contribution in [2.45, 2.75) is 9.79 Å². The Balaban J connectivity index is 0.000000157. The molecule has 50 heavy (non-hydrogen) atoms. The fourth-order valence-corrected chi connectivity index (χ4v) is 9.28. The number of nitrogens with one attached hydrogen (secondary N) is 2. The van der Waals surface area contributed by atoms with Crippen molar-refractivity contribution in [1.82, 2.24) is 19.8 Å². The van der Waals surface area contributed by atoms with Crippen molar-refractivity contribution >= 4 is 79.9 Å². The van der Waals surface area contributed by atoms with Crippen molar-refractivity contribution in [3.05, 3.63) is 120 Å². The van der Waals surface area contributed by atoms with Gasteiger partial charge in [0, 0.05) is 137 Å². The molecule has 0 unspecified atom stereocenters. The molecule has 0 bridgehead atoms. The van der Waals surface area contributed by atoms with Crippen molar-refractivity contribution in [3.63, 3.8) is 0 Å². The third-order valence-corrected chi connectivity index (χ3v) is 12.2. The number of piperazine rings is 2. The first-order valence-corrected chi connectivity index (χ1v) is 20.2. The molecular formula is C40H44Cl2N6S2. The standard InChI is InChI=1S/2C20H22ClN3S/c21-16-3-1-4-17(15-16)25-14-13-23-9-11-24(12-10-23)20-6-2-5-19-18(20)7-8-22-19;21-17-4-1-2-7-20(17)25-15-14-23-10-12-24(13-11-23)19-6-3-5-18-16(19)8-9-22-18/h1-8,15,22H,9-14H2;1-9,22H,10-15H2. The zero-order valence-electron chi connectivity index (χ0n) is 28.2. The van der Waals surface area contributed by atoms with Gasteiger partial charge in [-0.15, -0.1) is 23.5 Å². The molecular weight excluding hydrogens is 700 g/mol. The van der Waals surface area contributed by atoms with Gasteiger partial charge in [-0.3, -0.25) is 9.80 Å². The van der Waals surface area contributed by atoms with E-state index in [1.54, 1.807) is 0 Å². The van der Waals surface area contributed by atoms with Gasteiger partial charge in [-0.05, 0) is 66.7 Å². The summed E-state index contributed by atoms with van der Waals surface area (Å²) < 4.78 is 0. The number of hydrogen-bond donors (Lipinski definition) is 2. The Morgan fingerprint density at radius 1 is 0.540 bits per heavy atom. The summed E-state index contributed by atoms with van der Waals surface area (Å²) in [6, 6.07) is 33.6. The molecule has 2 aliphatic rings. The molecule has 0 radical (unpaired) electrons. The summed E-state index contributed by atoms with van der Waals surface area (Å²) >= 11 is 16.0. The van der Waals surface area contributed by atoms with E-state index >= 15 is 0 Å². The van der Waals surface area contributed by atoms with Crippen LogP contribution in [0.2, 0.25) is 10.0 Å². The number of H-pyrrole nitrogens is 2. The number of nitrogens with zero attached hydrogens (tertiary/aromatic N) is 4. The molecule has 2 saturated heterocycles. The number of fused-ring (bicyclic) bond motifs is 2. The highest BCUT2D eigenvalue weighted by Gasteiger charge is 2.20. The monoisotopic (exact) mass is 742 g/mol. The Labute approximate surface area is 314 Å². The normalized spacial score (nSPS) is 15.8. The zero-order valence-corrected chi connectivity index (χ0v) is 31.4. The minimum Gasteiger partial charge on any atom is -0.368 e. The lowest BCUT2D eigenvalue weighted by Crippen LogP contribution is -2.47. The number of thioether (sulfide) groups is 2. The maximum atomic E-state index is 6.23. The number of benzene rings is 4. The Morgan fingerprint density at radius 2 is 1.08 bits per heavy atom. The van der Waals surface area contributed by atoms with Crippen molar-refractivity contribution in [3.8, 4) is 0 Å². The van der Waals surface area contributed by atoms with Crippen molar-refractivity contribution in [2.24, 2.45) is 0 Å². The second-order valence-electron chi connectivity index (χ2n) is 12.7. The first kappa shape index (κ1) is 35.2. The van der Waals surface area contributed by atoms with E-state index in [0.717, 1.165) is 87.0 Å².